The number of carbonyl (C=O) groups excluding carboxylic acids is 3. The van der Waals surface area contributed by atoms with Crippen molar-refractivity contribution in [3.05, 3.63) is 0 Å². The minimum atomic E-state index is -0.763. The van der Waals surface area contributed by atoms with Crippen LogP contribution in [-0.2, 0) is 28.6 Å². The van der Waals surface area contributed by atoms with Crippen LogP contribution in [-0.4, -0.2) is 37.2 Å². The van der Waals surface area contributed by atoms with Gasteiger partial charge < -0.3 is 14.2 Å². The predicted octanol–water partition coefficient (Wildman–Crippen LogP) is 18.3. The average molecular weight is 892 g/mol. The molecular weight excluding hydrogens is 781 g/mol. The van der Waals surface area contributed by atoms with Gasteiger partial charge >= 0.3 is 17.9 Å². The second-order valence-electron chi connectivity index (χ2n) is 20.8. The van der Waals surface area contributed by atoms with Crippen LogP contribution in [0.5, 0.6) is 0 Å². The van der Waals surface area contributed by atoms with Gasteiger partial charge in [0.2, 0.25) is 0 Å². The van der Waals surface area contributed by atoms with Crippen LogP contribution >= 0.6 is 0 Å². The normalized spacial score (nSPS) is 12.6. The highest BCUT2D eigenvalue weighted by molar-refractivity contribution is 5.71. The van der Waals surface area contributed by atoms with Gasteiger partial charge in [-0.05, 0) is 37.0 Å². The van der Waals surface area contributed by atoms with Crippen LogP contribution in [0.2, 0.25) is 0 Å². The molecular formula is C57H110O6. The van der Waals surface area contributed by atoms with Gasteiger partial charge in [0.15, 0.2) is 6.10 Å². The summed E-state index contributed by atoms with van der Waals surface area (Å²) in [6.45, 7) is 13.8. The van der Waals surface area contributed by atoms with E-state index < -0.39 is 6.10 Å². The molecule has 0 N–H and O–H groups in total. The summed E-state index contributed by atoms with van der Waals surface area (Å²) in [6.07, 6.45) is 49.4. The zero-order valence-electron chi connectivity index (χ0n) is 43.4. The monoisotopic (exact) mass is 891 g/mol. The van der Waals surface area contributed by atoms with Crippen LogP contribution in [0.4, 0.5) is 0 Å². The van der Waals surface area contributed by atoms with E-state index >= 15 is 0 Å². The molecule has 0 saturated heterocycles. The Morgan fingerprint density at radius 1 is 0.317 bits per heavy atom. The van der Waals surface area contributed by atoms with Gasteiger partial charge in [-0.2, -0.15) is 0 Å². The Labute approximate surface area is 393 Å². The molecule has 0 saturated carbocycles. The first-order chi connectivity index (χ1) is 30.6. The minimum Gasteiger partial charge on any atom is -0.462 e. The van der Waals surface area contributed by atoms with Gasteiger partial charge in [0, 0.05) is 19.3 Å². The summed E-state index contributed by atoms with van der Waals surface area (Å²) in [7, 11) is 0. The van der Waals surface area contributed by atoms with E-state index in [-0.39, 0.29) is 31.1 Å². The Morgan fingerprint density at radius 2 is 0.556 bits per heavy atom. The number of unbranched alkanes of at least 4 members (excludes halogenated alkanes) is 32. The average Bonchev–Trinajstić information content (AvgIpc) is 3.25. The van der Waals surface area contributed by atoms with Crippen molar-refractivity contribution < 1.29 is 28.6 Å². The predicted molar refractivity (Wildman–Crippen MR) is 270 cm³/mol. The Bertz CT molecular complexity index is 978. The van der Waals surface area contributed by atoms with Crippen LogP contribution < -0.4 is 0 Å². The largest absolute Gasteiger partial charge is 0.462 e. The first kappa shape index (κ1) is 61.4. The van der Waals surface area contributed by atoms with Crippen molar-refractivity contribution in [1.29, 1.82) is 0 Å². The highest BCUT2D eigenvalue weighted by atomic mass is 16.6. The second-order valence-corrected chi connectivity index (χ2v) is 20.8. The summed E-state index contributed by atoms with van der Waals surface area (Å²) in [5.41, 5.74) is 0. The lowest BCUT2D eigenvalue weighted by molar-refractivity contribution is -0.167. The van der Waals surface area contributed by atoms with E-state index in [2.05, 4.69) is 41.5 Å². The molecule has 0 spiro atoms. The SMILES string of the molecule is CCC(C)CCCCCCCCCCCCC(=O)OC[C@@H](COC(=O)CCCCCCCCCCCCCCCC(C)C)OC(=O)CCCCCCCCCCCCCCC(C)C. The lowest BCUT2D eigenvalue weighted by atomic mass is 9.99. The molecule has 6 nitrogen and oxygen atoms in total. The number of hydrogen-bond acceptors (Lipinski definition) is 6. The van der Waals surface area contributed by atoms with Crippen molar-refractivity contribution in [2.24, 2.45) is 17.8 Å². The zero-order chi connectivity index (χ0) is 46.3. The number of carbonyl (C=O) groups is 3. The molecule has 0 heterocycles. The van der Waals surface area contributed by atoms with E-state index in [1.54, 1.807) is 0 Å². The van der Waals surface area contributed by atoms with E-state index in [1.807, 2.05) is 0 Å². The van der Waals surface area contributed by atoms with Gasteiger partial charge in [-0.3, -0.25) is 14.4 Å². The Balaban J connectivity index is 4.32. The second kappa shape index (κ2) is 48.3. The highest BCUT2D eigenvalue weighted by Crippen LogP contribution is 2.18. The van der Waals surface area contributed by atoms with Gasteiger partial charge in [0.05, 0.1) is 0 Å². The molecule has 0 aromatic rings. The fourth-order valence-electron chi connectivity index (χ4n) is 8.61. The molecule has 6 heteroatoms. The lowest BCUT2D eigenvalue weighted by Crippen LogP contribution is -2.30. The minimum absolute atomic E-state index is 0.0639. The summed E-state index contributed by atoms with van der Waals surface area (Å²) >= 11 is 0. The van der Waals surface area contributed by atoms with Crippen LogP contribution in [0.3, 0.4) is 0 Å². The smallest absolute Gasteiger partial charge is 0.306 e. The topological polar surface area (TPSA) is 78.9 Å². The molecule has 0 amide bonds. The van der Waals surface area contributed by atoms with Gasteiger partial charge in [-0.25, -0.2) is 0 Å². The van der Waals surface area contributed by atoms with Crippen LogP contribution in [0.1, 0.15) is 311 Å². The molecule has 0 aliphatic heterocycles. The van der Waals surface area contributed by atoms with Gasteiger partial charge in [-0.1, -0.05) is 273 Å². The van der Waals surface area contributed by atoms with Crippen molar-refractivity contribution in [2.45, 2.75) is 317 Å². The Kier molecular flexibility index (Phi) is 47.1. The Morgan fingerprint density at radius 3 is 0.825 bits per heavy atom. The van der Waals surface area contributed by atoms with Crippen molar-refractivity contribution in [1.82, 2.24) is 0 Å². The van der Waals surface area contributed by atoms with E-state index in [4.69, 9.17) is 14.2 Å². The fourth-order valence-corrected chi connectivity index (χ4v) is 8.61. The molecule has 374 valence electrons. The standard InChI is InChI=1S/C57H110O6/c1-7-53(6)45-39-33-27-21-17-18-23-29-35-41-47-56(59)62-50-54(63-57(60)48-42-36-30-24-16-12-11-14-20-26-32-38-44-52(4)5)49-61-55(58)46-40-34-28-22-15-10-8-9-13-19-25-31-37-43-51(2)3/h51-54H,7-50H2,1-6H3/t53?,54-/m1/s1. The van der Waals surface area contributed by atoms with E-state index in [9.17, 15) is 14.4 Å². The Hall–Kier alpha value is -1.59. The maximum absolute atomic E-state index is 12.8. The van der Waals surface area contributed by atoms with Crippen molar-refractivity contribution in [3.8, 4) is 0 Å². The quantitative estimate of drug-likeness (QED) is 0.0344. The number of ether oxygens (including phenoxy) is 3. The third-order valence-electron chi connectivity index (χ3n) is 13.3. The molecule has 2 atom stereocenters. The van der Waals surface area contributed by atoms with E-state index in [0.717, 1.165) is 75.5 Å². The summed E-state index contributed by atoms with van der Waals surface area (Å²) in [4.78, 5) is 38.1. The molecule has 0 aliphatic rings. The maximum atomic E-state index is 12.8. The number of esters is 3. The summed E-state index contributed by atoms with van der Waals surface area (Å²) < 4.78 is 16.9. The molecule has 63 heavy (non-hydrogen) atoms. The van der Waals surface area contributed by atoms with Crippen LogP contribution in [0.25, 0.3) is 0 Å². The van der Waals surface area contributed by atoms with Crippen molar-refractivity contribution in [3.63, 3.8) is 0 Å². The highest BCUT2D eigenvalue weighted by Gasteiger charge is 2.19. The summed E-state index contributed by atoms with van der Waals surface area (Å²) in [5, 5.41) is 0. The molecule has 1 unspecified atom stereocenters. The summed E-state index contributed by atoms with van der Waals surface area (Å²) in [5.74, 6) is 1.70. The molecule has 0 radical (unpaired) electrons. The molecule has 0 fully saturated rings. The van der Waals surface area contributed by atoms with Gasteiger partial charge in [0.1, 0.15) is 13.2 Å². The number of rotatable bonds is 50. The molecule has 0 aromatic heterocycles. The third-order valence-corrected chi connectivity index (χ3v) is 13.3. The lowest BCUT2D eigenvalue weighted by Gasteiger charge is -2.18. The molecule has 0 bridgehead atoms. The number of hydrogen-bond donors (Lipinski definition) is 0. The molecule has 0 aromatic carbocycles. The third kappa shape index (κ3) is 49.7. The summed E-state index contributed by atoms with van der Waals surface area (Å²) in [6, 6.07) is 0. The van der Waals surface area contributed by atoms with Crippen LogP contribution in [0, 0.1) is 17.8 Å². The first-order valence-electron chi connectivity index (χ1n) is 28.1. The fraction of sp³-hybridized carbons (Fsp3) is 0.947. The maximum Gasteiger partial charge on any atom is 0.306 e. The zero-order valence-corrected chi connectivity index (χ0v) is 43.4. The van der Waals surface area contributed by atoms with Gasteiger partial charge in [-0.15, -0.1) is 0 Å². The van der Waals surface area contributed by atoms with Crippen molar-refractivity contribution in [2.75, 3.05) is 13.2 Å². The van der Waals surface area contributed by atoms with Crippen LogP contribution in [0.15, 0.2) is 0 Å². The van der Waals surface area contributed by atoms with E-state index in [0.29, 0.717) is 19.3 Å². The molecule has 0 rings (SSSR count). The van der Waals surface area contributed by atoms with E-state index in [1.165, 1.54) is 193 Å². The first-order valence-corrected chi connectivity index (χ1v) is 28.1. The van der Waals surface area contributed by atoms with Gasteiger partial charge in [0.25, 0.3) is 0 Å². The molecule has 0 aliphatic carbocycles. The van der Waals surface area contributed by atoms with Crippen molar-refractivity contribution >= 4 is 17.9 Å².